The first-order valence-corrected chi connectivity index (χ1v) is 5.42. The molecule has 1 fully saturated rings. The van der Waals surface area contributed by atoms with E-state index in [4.69, 9.17) is 0 Å². The molecule has 1 N–H and O–H groups in total. The van der Waals surface area contributed by atoms with Crippen molar-refractivity contribution in [1.29, 1.82) is 0 Å². The summed E-state index contributed by atoms with van der Waals surface area (Å²) in [5.41, 5.74) is -0.553. The number of imide groups is 1. The zero-order chi connectivity index (χ0) is 12.5. The van der Waals surface area contributed by atoms with Gasteiger partial charge >= 0.3 is 0 Å². The summed E-state index contributed by atoms with van der Waals surface area (Å²) in [7, 11) is 0. The summed E-state index contributed by atoms with van der Waals surface area (Å²) >= 11 is 0. The van der Waals surface area contributed by atoms with Crippen LogP contribution in [-0.2, 0) is 14.4 Å². The van der Waals surface area contributed by atoms with E-state index in [0.717, 1.165) is 0 Å². The first-order chi connectivity index (χ1) is 7.27. The van der Waals surface area contributed by atoms with E-state index in [9.17, 15) is 14.4 Å². The van der Waals surface area contributed by atoms with Gasteiger partial charge in [-0.15, -0.1) is 0 Å². The lowest BCUT2D eigenvalue weighted by Crippen LogP contribution is -2.45. The fourth-order valence-corrected chi connectivity index (χ4v) is 1.50. The maximum Gasteiger partial charge on any atom is 0.252 e. The minimum Gasteiger partial charge on any atom is -0.343 e. The zero-order valence-electron chi connectivity index (χ0n) is 10.2. The van der Waals surface area contributed by atoms with E-state index in [0.29, 0.717) is 6.54 Å². The van der Waals surface area contributed by atoms with Crippen LogP contribution >= 0.6 is 0 Å². The van der Waals surface area contributed by atoms with Crippen molar-refractivity contribution in [2.24, 2.45) is 5.41 Å². The van der Waals surface area contributed by atoms with Gasteiger partial charge in [-0.05, 0) is 6.92 Å². The van der Waals surface area contributed by atoms with Crippen molar-refractivity contribution in [2.75, 3.05) is 6.54 Å². The SMILES string of the molecule is CCN1C(=O)C[C@@H](NC(=O)C(C)(C)C)C1=O. The summed E-state index contributed by atoms with van der Waals surface area (Å²) < 4.78 is 0. The van der Waals surface area contributed by atoms with Gasteiger partial charge in [-0.25, -0.2) is 0 Å². The molecule has 0 bridgehead atoms. The molecule has 1 atom stereocenters. The highest BCUT2D eigenvalue weighted by Gasteiger charge is 2.39. The number of rotatable bonds is 2. The molecule has 1 aliphatic rings. The molecule has 16 heavy (non-hydrogen) atoms. The number of nitrogens with zero attached hydrogens (tertiary/aromatic N) is 1. The lowest BCUT2D eigenvalue weighted by molar-refractivity contribution is -0.140. The normalized spacial score (nSPS) is 21.5. The third-order valence-corrected chi connectivity index (χ3v) is 2.55. The van der Waals surface area contributed by atoms with Gasteiger partial charge in [0.05, 0.1) is 6.42 Å². The van der Waals surface area contributed by atoms with E-state index in [1.807, 2.05) is 0 Å². The minimum atomic E-state index is -0.681. The number of likely N-dealkylation sites (N-methyl/N-ethyl adjacent to an activating group) is 1. The summed E-state index contributed by atoms with van der Waals surface area (Å²) in [6, 6.07) is -0.681. The maximum atomic E-state index is 11.7. The van der Waals surface area contributed by atoms with Gasteiger partial charge in [0.2, 0.25) is 11.8 Å². The number of nitrogens with one attached hydrogen (secondary N) is 1. The first-order valence-electron chi connectivity index (χ1n) is 5.42. The van der Waals surface area contributed by atoms with Crippen LogP contribution in [0.1, 0.15) is 34.1 Å². The van der Waals surface area contributed by atoms with Gasteiger partial charge in [-0.1, -0.05) is 20.8 Å². The van der Waals surface area contributed by atoms with Crippen molar-refractivity contribution >= 4 is 17.7 Å². The second-order valence-corrected chi connectivity index (χ2v) is 4.96. The average molecular weight is 226 g/mol. The molecule has 1 aliphatic heterocycles. The molecule has 1 rings (SSSR count). The van der Waals surface area contributed by atoms with Crippen LogP contribution in [0, 0.1) is 5.41 Å². The first kappa shape index (κ1) is 12.7. The Hall–Kier alpha value is -1.39. The van der Waals surface area contributed by atoms with E-state index in [1.54, 1.807) is 27.7 Å². The summed E-state index contributed by atoms with van der Waals surface area (Å²) in [4.78, 5) is 36.0. The predicted molar refractivity (Wildman–Crippen MR) is 58.4 cm³/mol. The van der Waals surface area contributed by atoms with Gasteiger partial charge in [0.25, 0.3) is 5.91 Å². The second-order valence-electron chi connectivity index (χ2n) is 4.96. The average Bonchev–Trinajstić information content (AvgIpc) is 2.40. The van der Waals surface area contributed by atoms with Crippen LogP contribution in [-0.4, -0.2) is 35.2 Å². The van der Waals surface area contributed by atoms with Crippen LogP contribution in [0.4, 0.5) is 0 Å². The summed E-state index contributed by atoms with van der Waals surface area (Å²) in [5.74, 6) is -0.728. The van der Waals surface area contributed by atoms with Gasteiger partial charge in [-0.2, -0.15) is 0 Å². The van der Waals surface area contributed by atoms with E-state index < -0.39 is 11.5 Å². The van der Waals surface area contributed by atoms with Crippen molar-refractivity contribution < 1.29 is 14.4 Å². The molecule has 0 radical (unpaired) electrons. The van der Waals surface area contributed by atoms with Gasteiger partial charge in [-0.3, -0.25) is 19.3 Å². The molecule has 5 nitrogen and oxygen atoms in total. The van der Waals surface area contributed by atoms with Crippen LogP contribution in [0.15, 0.2) is 0 Å². The van der Waals surface area contributed by atoms with Crippen LogP contribution in [0.25, 0.3) is 0 Å². The lowest BCUT2D eigenvalue weighted by Gasteiger charge is -2.20. The summed E-state index contributed by atoms with van der Waals surface area (Å²) in [6.07, 6.45) is 0.0779. The Morgan fingerprint density at radius 2 is 2.00 bits per heavy atom. The summed E-state index contributed by atoms with van der Waals surface area (Å²) in [6.45, 7) is 7.40. The molecule has 0 aromatic rings. The third kappa shape index (κ3) is 2.40. The number of likely N-dealkylation sites (tertiary alicyclic amines) is 1. The highest BCUT2D eigenvalue weighted by atomic mass is 16.2. The number of hydrogen-bond donors (Lipinski definition) is 1. The number of carbonyl (C=O) groups is 3. The molecule has 5 heteroatoms. The number of amides is 3. The topological polar surface area (TPSA) is 66.5 Å². The van der Waals surface area contributed by atoms with Crippen molar-refractivity contribution in [3.8, 4) is 0 Å². The Bertz CT molecular complexity index is 331. The largest absolute Gasteiger partial charge is 0.343 e. The van der Waals surface area contributed by atoms with Gasteiger partial charge in [0.15, 0.2) is 0 Å². The Morgan fingerprint density at radius 3 is 2.38 bits per heavy atom. The highest BCUT2D eigenvalue weighted by molar-refractivity contribution is 6.07. The van der Waals surface area contributed by atoms with Crippen molar-refractivity contribution in [3.63, 3.8) is 0 Å². The van der Waals surface area contributed by atoms with E-state index in [2.05, 4.69) is 5.32 Å². The summed E-state index contributed by atoms with van der Waals surface area (Å²) in [5, 5.41) is 2.61. The van der Waals surface area contributed by atoms with Crippen molar-refractivity contribution in [1.82, 2.24) is 10.2 Å². The molecule has 1 heterocycles. The van der Waals surface area contributed by atoms with Crippen molar-refractivity contribution in [3.05, 3.63) is 0 Å². The maximum absolute atomic E-state index is 11.7. The quantitative estimate of drug-likeness (QED) is 0.688. The van der Waals surface area contributed by atoms with Crippen LogP contribution < -0.4 is 5.32 Å². The number of carbonyl (C=O) groups excluding carboxylic acids is 3. The molecular formula is C11H18N2O3. The van der Waals surface area contributed by atoms with E-state index in [-0.39, 0.29) is 24.1 Å². The van der Waals surface area contributed by atoms with E-state index in [1.165, 1.54) is 4.90 Å². The molecule has 0 aromatic carbocycles. The Morgan fingerprint density at radius 1 is 1.44 bits per heavy atom. The zero-order valence-corrected chi connectivity index (χ0v) is 10.2. The molecule has 3 amide bonds. The third-order valence-electron chi connectivity index (χ3n) is 2.55. The smallest absolute Gasteiger partial charge is 0.252 e. The fourth-order valence-electron chi connectivity index (χ4n) is 1.50. The number of hydrogen-bond acceptors (Lipinski definition) is 3. The van der Waals surface area contributed by atoms with Crippen LogP contribution in [0.5, 0.6) is 0 Å². The van der Waals surface area contributed by atoms with Gasteiger partial charge < -0.3 is 5.32 Å². The Balaban J connectivity index is 2.68. The molecular weight excluding hydrogens is 208 g/mol. The van der Waals surface area contributed by atoms with Gasteiger partial charge in [0.1, 0.15) is 6.04 Å². The minimum absolute atomic E-state index is 0.0779. The van der Waals surface area contributed by atoms with Crippen LogP contribution in [0.2, 0.25) is 0 Å². The monoisotopic (exact) mass is 226 g/mol. The molecule has 0 spiro atoms. The molecule has 0 aromatic heterocycles. The van der Waals surface area contributed by atoms with E-state index >= 15 is 0 Å². The molecule has 0 aliphatic carbocycles. The second kappa shape index (κ2) is 4.23. The molecule has 90 valence electrons. The highest BCUT2D eigenvalue weighted by Crippen LogP contribution is 2.17. The fraction of sp³-hybridized carbons (Fsp3) is 0.727. The molecule has 0 unspecified atom stereocenters. The standard InChI is InChI=1S/C11H18N2O3/c1-5-13-8(14)6-7(9(13)15)12-10(16)11(2,3)4/h7H,5-6H2,1-4H3,(H,12,16)/t7-/m1/s1. The molecule has 0 saturated carbocycles. The molecule has 1 saturated heterocycles. The Labute approximate surface area is 95.2 Å². The van der Waals surface area contributed by atoms with Crippen molar-refractivity contribution in [2.45, 2.75) is 40.2 Å². The Kier molecular flexibility index (Phi) is 3.35. The van der Waals surface area contributed by atoms with Crippen LogP contribution in [0.3, 0.4) is 0 Å². The van der Waals surface area contributed by atoms with Gasteiger partial charge in [0, 0.05) is 12.0 Å². The lowest BCUT2D eigenvalue weighted by atomic mass is 9.95. The predicted octanol–water partition coefficient (Wildman–Crippen LogP) is 0.296.